The summed E-state index contributed by atoms with van der Waals surface area (Å²) < 4.78 is 11.3. The number of ether oxygens (including phenoxy) is 2. The first-order chi connectivity index (χ1) is 14.1. The molecule has 0 unspecified atom stereocenters. The molecule has 0 bridgehead atoms. The molecule has 0 saturated carbocycles. The SMILES string of the molecule is CC1CCN(Cc2csc(NC(=O)Cc3cc(Cl)c4c(c3)OCCCO4)n2)CC1. The molecule has 1 fully saturated rings. The first kappa shape index (κ1) is 20.4. The average Bonchev–Trinajstić information content (AvgIpc) is 2.96. The van der Waals surface area contributed by atoms with Crippen LogP contribution in [-0.2, 0) is 17.8 Å². The molecule has 156 valence electrons. The van der Waals surface area contributed by atoms with Gasteiger partial charge in [0.2, 0.25) is 5.91 Å². The van der Waals surface area contributed by atoms with E-state index in [1.165, 1.54) is 24.2 Å². The number of piperidine rings is 1. The van der Waals surface area contributed by atoms with Crippen LogP contribution >= 0.6 is 22.9 Å². The number of nitrogens with one attached hydrogen (secondary N) is 1. The molecular weight excluding hydrogens is 410 g/mol. The average molecular weight is 436 g/mol. The van der Waals surface area contributed by atoms with E-state index in [0.717, 1.165) is 43.2 Å². The summed E-state index contributed by atoms with van der Waals surface area (Å²) >= 11 is 7.78. The number of hydrogen-bond donors (Lipinski definition) is 1. The largest absolute Gasteiger partial charge is 0.489 e. The third-order valence-corrected chi connectivity index (χ3v) is 6.37. The number of thiazole rings is 1. The lowest BCUT2D eigenvalue weighted by Gasteiger charge is -2.29. The molecule has 4 rings (SSSR count). The maximum atomic E-state index is 12.5. The highest BCUT2D eigenvalue weighted by Crippen LogP contribution is 2.38. The lowest BCUT2D eigenvalue weighted by Crippen LogP contribution is -2.32. The molecule has 2 aliphatic rings. The van der Waals surface area contributed by atoms with E-state index in [4.69, 9.17) is 21.1 Å². The number of benzene rings is 1. The van der Waals surface area contributed by atoms with E-state index in [1.807, 2.05) is 11.4 Å². The van der Waals surface area contributed by atoms with Crippen LogP contribution in [0.1, 0.15) is 37.4 Å². The lowest BCUT2D eigenvalue weighted by atomic mass is 9.99. The monoisotopic (exact) mass is 435 g/mol. The molecule has 1 aromatic carbocycles. The number of likely N-dealkylation sites (tertiary alicyclic amines) is 1. The van der Waals surface area contributed by atoms with Crippen LogP contribution in [-0.4, -0.2) is 42.1 Å². The second kappa shape index (κ2) is 9.32. The number of aromatic nitrogens is 1. The third kappa shape index (κ3) is 5.41. The number of carbonyl (C=O) groups is 1. The summed E-state index contributed by atoms with van der Waals surface area (Å²) in [6, 6.07) is 3.59. The number of nitrogens with zero attached hydrogens (tertiary/aromatic N) is 2. The zero-order chi connectivity index (χ0) is 20.2. The Balaban J connectivity index is 1.34. The van der Waals surface area contributed by atoms with Gasteiger partial charge in [-0.15, -0.1) is 11.3 Å². The molecule has 6 nitrogen and oxygen atoms in total. The molecule has 0 aliphatic carbocycles. The molecule has 1 N–H and O–H groups in total. The van der Waals surface area contributed by atoms with Crippen LogP contribution < -0.4 is 14.8 Å². The number of amides is 1. The van der Waals surface area contributed by atoms with Gasteiger partial charge in [0.05, 0.1) is 30.4 Å². The van der Waals surface area contributed by atoms with Gasteiger partial charge in [0.25, 0.3) is 0 Å². The molecule has 0 radical (unpaired) electrons. The van der Waals surface area contributed by atoms with Crippen LogP contribution in [0.25, 0.3) is 0 Å². The molecule has 1 amide bonds. The van der Waals surface area contributed by atoms with Crippen molar-refractivity contribution in [1.82, 2.24) is 9.88 Å². The van der Waals surface area contributed by atoms with Gasteiger partial charge < -0.3 is 14.8 Å². The highest BCUT2D eigenvalue weighted by molar-refractivity contribution is 7.13. The van der Waals surface area contributed by atoms with Crippen molar-refractivity contribution in [1.29, 1.82) is 0 Å². The van der Waals surface area contributed by atoms with E-state index < -0.39 is 0 Å². The summed E-state index contributed by atoms with van der Waals surface area (Å²) in [7, 11) is 0. The Morgan fingerprint density at radius 2 is 2.10 bits per heavy atom. The fraction of sp³-hybridized carbons (Fsp3) is 0.524. The summed E-state index contributed by atoms with van der Waals surface area (Å²) in [6.45, 7) is 6.55. The molecule has 2 aliphatic heterocycles. The van der Waals surface area contributed by atoms with Crippen molar-refractivity contribution in [2.24, 2.45) is 5.92 Å². The predicted molar refractivity (Wildman–Crippen MR) is 115 cm³/mol. The van der Waals surface area contributed by atoms with Gasteiger partial charge >= 0.3 is 0 Å². The Labute approximate surface area is 180 Å². The molecule has 1 saturated heterocycles. The van der Waals surface area contributed by atoms with Gasteiger partial charge in [-0.3, -0.25) is 9.69 Å². The standard InChI is InChI=1S/C21H26ClN3O3S/c1-14-3-5-25(6-4-14)12-16-13-29-21(23-16)24-19(26)11-15-9-17(22)20-18(10-15)27-7-2-8-28-20/h9-10,13-14H,2-8,11-12H2,1H3,(H,23,24,26). The molecule has 0 spiro atoms. The highest BCUT2D eigenvalue weighted by atomic mass is 35.5. The summed E-state index contributed by atoms with van der Waals surface area (Å²) in [4.78, 5) is 19.5. The maximum absolute atomic E-state index is 12.5. The van der Waals surface area contributed by atoms with Crippen molar-refractivity contribution in [3.05, 3.63) is 33.8 Å². The predicted octanol–water partition coefficient (Wildman–Crippen LogP) is 4.37. The Morgan fingerprint density at radius 1 is 1.31 bits per heavy atom. The molecule has 1 aromatic heterocycles. The first-order valence-electron chi connectivity index (χ1n) is 10.1. The fourth-order valence-corrected chi connectivity index (χ4v) is 4.63. The van der Waals surface area contributed by atoms with Crippen LogP contribution in [0.5, 0.6) is 11.5 Å². The Morgan fingerprint density at radius 3 is 2.93 bits per heavy atom. The van der Waals surface area contributed by atoms with Crippen LogP contribution in [0.3, 0.4) is 0 Å². The Hall–Kier alpha value is -1.83. The van der Waals surface area contributed by atoms with Crippen LogP contribution in [0, 0.1) is 5.92 Å². The number of carbonyl (C=O) groups excluding carboxylic acids is 1. The molecule has 0 atom stereocenters. The van der Waals surface area contributed by atoms with E-state index >= 15 is 0 Å². The Bertz CT molecular complexity index is 865. The van der Waals surface area contributed by atoms with Gasteiger partial charge in [-0.1, -0.05) is 18.5 Å². The van der Waals surface area contributed by atoms with Gasteiger partial charge in [-0.05, 0) is 49.5 Å². The van der Waals surface area contributed by atoms with Crippen molar-refractivity contribution >= 4 is 34.0 Å². The quantitative estimate of drug-likeness (QED) is 0.755. The van der Waals surface area contributed by atoms with Gasteiger partial charge in [0.15, 0.2) is 16.6 Å². The van der Waals surface area contributed by atoms with Crippen molar-refractivity contribution < 1.29 is 14.3 Å². The van der Waals surface area contributed by atoms with Gasteiger partial charge in [0, 0.05) is 18.3 Å². The molecular formula is C21H26ClN3O3S. The third-order valence-electron chi connectivity index (χ3n) is 5.29. The van der Waals surface area contributed by atoms with E-state index in [9.17, 15) is 4.79 Å². The number of hydrogen-bond acceptors (Lipinski definition) is 6. The van der Waals surface area contributed by atoms with E-state index in [0.29, 0.717) is 34.9 Å². The molecule has 8 heteroatoms. The second-order valence-electron chi connectivity index (χ2n) is 7.78. The zero-order valence-corrected chi connectivity index (χ0v) is 18.2. The van der Waals surface area contributed by atoms with Crippen LogP contribution in [0.15, 0.2) is 17.5 Å². The summed E-state index contributed by atoms with van der Waals surface area (Å²) in [6.07, 6.45) is 3.50. The lowest BCUT2D eigenvalue weighted by molar-refractivity contribution is -0.115. The van der Waals surface area contributed by atoms with Crippen molar-refractivity contribution in [2.45, 2.75) is 39.2 Å². The van der Waals surface area contributed by atoms with Gasteiger partial charge in [-0.2, -0.15) is 0 Å². The number of fused-ring (bicyclic) bond motifs is 1. The highest BCUT2D eigenvalue weighted by Gasteiger charge is 2.19. The molecule has 3 heterocycles. The maximum Gasteiger partial charge on any atom is 0.230 e. The molecule has 2 aromatic rings. The van der Waals surface area contributed by atoms with E-state index in [-0.39, 0.29) is 12.3 Å². The minimum absolute atomic E-state index is 0.122. The van der Waals surface area contributed by atoms with E-state index in [2.05, 4.69) is 22.1 Å². The Kier molecular flexibility index (Phi) is 6.57. The normalized spacial score (nSPS) is 17.7. The second-order valence-corrected chi connectivity index (χ2v) is 9.05. The number of rotatable bonds is 5. The van der Waals surface area contributed by atoms with Crippen molar-refractivity contribution in [3.63, 3.8) is 0 Å². The fourth-order valence-electron chi connectivity index (χ4n) is 3.62. The molecule has 29 heavy (non-hydrogen) atoms. The minimum atomic E-state index is -0.122. The van der Waals surface area contributed by atoms with Crippen LogP contribution in [0.2, 0.25) is 5.02 Å². The minimum Gasteiger partial charge on any atom is -0.489 e. The van der Waals surface area contributed by atoms with Gasteiger partial charge in [0.1, 0.15) is 0 Å². The summed E-state index contributed by atoms with van der Waals surface area (Å²) in [5, 5.41) is 6.03. The van der Waals surface area contributed by atoms with Crippen molar-refractivity contribution in [3.8, 4) is 11.5 Å². The summed E-state index contributed by atoms with van der Waals surface area (Å²) in [5.41, 5.74) is 1.80. The van der Waals surface area contributed by atoms with Crippen LogP contribution in [0.4, 0.5) is 5.13 Å². The van der Waals surface area contributed by atoms with Gasteiger partial charge in [-0.25, -0.2) is 4.98 Å². The topological polar surface area (TPSA) is 63.7 Å². The first-order valence-corrected chi connectivity index (χ1v) is 11.4. The number of halogens is 1. The van der Waals surface area contributed by atoms with Crippen molar-refractivity contribution in [2.75, 3.05) is 31.6 Å². The summed E-state index contributed by atoms with van der Waals surface area (Å²) in [5.74, 6) is 1.86. The number of anilines is 1. The zero-order valence-electron chi connectivity index (χ0n) is 16.6. The van der Waals surface area contributed by atoms with E-state index in [1.54, 1.807) is 6.07 Å². The smallest absolute Gasteiger partial charge is 0.230 e.